The molecule has 0 aliphatic carbocycles. The van der Waals surface area contributed by atoms with Crippen LogP contribution >= 0.6 is 36.2 Å². The Balaban J connectivity index is 0.00000171. The number of carbonyl (C=O) groups excluding carboxylic acids is 1. The van der Waals surface area contributed by atoms with Crippen molar-refractivity contribution >= 4 is 75.1 Å². The summed E-state index contributed by atoms with van der Waals surface area (Å²) >= 11 is 1.17. The van der Waals surface area contributed by atoms with Crippen LogP contribution in [0.3, 0.4) is 0 Å². The van der Waals surface area contributed by atoms with Gasteiger partial charge in [0, 0.05) is 31.1 Å². The third kappa shape index (κ3) is 4.27. The first kappa shape index (κ1) is 24.3. The van der Waals surface area contributed by atoms with Gasteiger partial charge in [0.05, 0.1) is 13.4 Å². The van der Waals surface area contributed by atoms with Gasteiger partial charge >= 0.3 is 5.97 Å². The molecule has 0 saturated heterocycles. The van der Waals surface area contributed by atoms with E-state index in [1.807, 2.05) is 38.4 Å². The minimum absolute atomic E-state index is 0. The number of pyridine rings is 2. The molecular formula is C21H20Cl2N4O3S. The van der Waals surface area contributed by atoms with Gasteiger partial charge in [0.1, 0.15) is 21.2 Å². The first-order chi connectivity index (χ1) is 14.0. The second-order valence-electron chi connectivity index (χ2n) is 6.53. The number of benzene rings is 1. The summed E-state index contributed by atoms with van der Waals surface area (Å²) in [5, 5.41) is 1.98. The van der Waals surface area contributed by atoms with Gasteiger partial charge in [-0.25, -0.2) is 14.8 Å². The molecule has 4 aromatic rings. The first-order valence-corrected chi connectivity index (χ1v) is 9.65. The third-order valence-corrected chi connectivity index (χ3v) is 5.51. The second-order valence-corrected chi connectivity index (χ2v) is 7.53. The molecule has 1 aromatic carbocycles. The highest BCUT2D eigenvalue weighted by Crippen LogP contribution is 2.42. The second kappa shape index (κ2) is 9.91. The van der Waals surface area contributed by atoms with Crippen LogP contribution in [0.25, 0.3) is 26.8 Å². The number of nitrogens with zero attached hydrogens (tertiary/aromatic N) is 4. The molecule has 0 atom stereocenters. The lowest BCUT2D eigenvalue weighted by Crippen LogP contribution is -2.19. The van der Waals surface area contributed by atoms with E-state index in [9.17, 15) is 9.59 Å². The number of rotatable bonds is 4. The van der Waals surface area contributed by atoms with Gasteiger partial charge in [0.15, 0.2) is 0 Å². The molecule has 0 N–H and O–H groups in total. The van der Waals surface area contributed by atoms with Crippen molar-refractivity contribution in [3.63, 3.8) is 0 Å². The fraction of sp³-hybridized carbons (Fsp3) is 0.143. The van der Waals surface area contributed by atoms with Crippen molar-refractivity contribution in [2.45, 2.75) is 0 Å². The fourth-order valence-electron chi connectivity index (χ4n) is 3.13. The van der Waals surface area contributed by atoms with Gasteiger partial charge in [-0.3, -0.25) is 9.36 Å². The Labute approximate surface area is 194 Å². The summed E-state index contributed by atoms with van der Waals surface area (Å²) in [6, 6.07) is 12.7. The highest BCUT2D eigenvalue weighted by atomic mass is 35.5. The van der Waals surface area contributed by atoms with Crippen LogP contribution in [-0.2, 0) is 4.74 Å². The average molecular weight is 479 g/mol. The van der Waals surface area contributed by atoms with Crippen LogP contribution in [0.4, 0.5) is 5.69 Å². The van der Waals surface area contributed by atoms with Crippen LogP contribution in [0.5, 0.6) is 0 Å². The SMILES string of the molecule is COC(=O)c1sc2c(c1N=CN(C)C)c1ccccc1c(=O)n2-c1ccccn1.Cl.Cl. The van der Waals surface area contributed by atoms with Crippen molar-refractivity contribution < 1.29 is 9.53 Å². The molecule has 0 amide bonds. The number of halogens is 2. The normalized spacial score (nSPS) is 10.7. The Bertz CT molecular complexity index is 1320. The molecule has 162 valence electrons. The molecule has 0 bridgehead atoms. The monoisotopic (exact) mass is 478 g/mol. The van der Waals surface area contributed by atoms with Gasteiger partial charge in [-0.05, 0) is 23.6 Å². The van der Waals surface area contributed by atoms with Crippen LogP contribution in [0, 0.1) is 0 Å². The predicted molar refractivity (Wildman–Crippen MR) is 130 cm³/mol. The molecule has 4 rings (SSSR count). The number of methoxy groups -OCH3 is 1. The van der Waals surface area contributed by atoms with Crippen LogP contribution in [0.2, 0.25) is 0 Å². The van der Waals surface area contributed by atoms with Crippen LogP contribution < -0.4 is 5.56 Å². The molecule has 0 fully saturated rings. The summed E-state index contributed by atoms with van der Waals surface area (Å²) in [5.74, 6) is -0.0183. The smallest absolute Gasteiger partial charge is 0.350 e. The molecule has 0 saturated carbocycles. The Morgan fingerprint density at radius 2 is 1.81 bits per heavy atom. The van der Waals surface area contributed by atoms with E-state index >= 15 is 0 Å². The fourth-order valence-corrected chi connectivity index (χ4v) is 4.32. The summed E-state index contributed by atoms with van der Waals surface area (Å²) in [6.45, 7) is 0. The maximum absolute atomic E-state index is 13.3. The molecule has 0 unspecified atom stereocenters. The molecule has 31 heavy (non-hydrogen) atoms. The number of aliphatic imine (C=N–C) groups is 1. The zero-order valence-corrected chi connectivity index (χ0v) is 19.4. The summed E-state index contributed by atoms with van der Waals surface area (Å²) in [6.07, 6.45) is 3.25. The maximum Gasteiger partial charge on any atom is 0.350 e. The van der Waals surface area contributed by atoms with E-state index in [1.54, 1.807) is 35.6 Å². The number of aromatic nitrogens is 2. The number of fused-ring (bicyclic) bond motifs is 3. The van der Waals surface area contributed by atoms with Crippen molar-refractivity contribution in [3.8, 4) is 5.82 Å². The Hall–Kier alpha value is -2.94. The lowest BCUT2D eigenvalue weighted by molar-refractivity contribution is 0.0607. The topological polar surface area (TPSA) is 76.8 Å². The number of ether oxygens (including phenoxy) is 1. The van der Waals surface area contributed by atoms with E-state index < -0.39 is 5.97 Å². The van der Waals surface area contributed by atoms with Gasteiger partial charge in [-0.2, -0.15) is 0 Å². The van der Waals surface area contributed by atoms with E-state index in [0.717, 1.165) is 5.39 Å². The number of hydrogen-bond acceptors (Lipinski definition) is 6. The summed E-state index contributed by atoms with van der Waals surface area (Å²) in [4.78, 5) is 37.5. The Kier molecular flexibility index (Phi) is 7.78. The minimum atomic E-state index is -0.499. The molecule has 7 nitrogen and oxygen atoms in total. The van der Waals surface area contributed by atoms with Crippen LogP contribution in [0.1, 0.15) is 9.67 Å². The van der Waals surface area contributed by atoms with Crippen molar-refractivity contribution in [1.29, 1.82) is 0 Å². The van der Waals surface area contributed by atoms with E-state index in [0.29, 0.717) is 32.0 Å². The molecule has 3 heterocycles. The number of thiophene rings is 1. The zero-order chi connectivity index (χ0) is 20.5. The molecule has 0 radical (unpaired) electrons. The lowest BCUT2D eigenvalue weighted by Gasteiger charge is -2.10. The molecule has 0 spiro atoms. The van der Waals surface area contributed by atoms with E-state index in [1.165, 1.54) is 23.0 Å². The summed E-state index contributed by atoms with van der Waals surface area (Å²) < 4.78 is 6.51. The third-order valence-electron chi connectivity index (χ3n) is 4.36. The molecule has 10 heteroatoms. The molecular weight excluding hydrogens is 459 g/mol. The minimum Gasteiger partial charge on any atom is -0.465 e. The van der Waals surface area contributed by atoms with Crippen LogP contribution in [-0.4, -0.2) is 48.0 Å². The summed E-state index contributed by atoms with van der Waals surface area (Å²) in [7, 11) is 5.02. The quantitative estimate of drug-likeness (QED) is 0.246. The van der Waals surface area contributed by atoms with Gasteiger partial charge in [0.2, 0.25) is 0 Å². The summed E-state index contributed by atoms with van der Waals surface area (Å²) in [5.41, 5.74) is 0.277. The first-order valence-electron chi connectivity index (χ1n) is 8.83. The van der Waals surface area contributed by atoms with Gasteiger partial charge in [-0.15, -0.1) is 36.2 Å². The highest BCUT2D eigenvalue weighted by Gasteiger charge is 2.24. The van der Waals surface area contributed by atoms with Crippen molar-refractivity contribution in [3.05, 3.63) is 63.9 Å². The van der Waals surface area contributed by atoms with Gasteiger partial charge < -0.3 is 9.64 Å². The van der Waals surface area contributed by atoms with E-state index in [2.05, 4.69) is 9.98 Å². The van der Waals surface area contributed by atoms with Crippen molar-refractivity contribution in [2.24, 2.45) is 4.99 Å². The zero-order valence-electron chi connectivity index (χ0n) is 16.9. The molecule has 3 aromatic heterocycles. The van der Waals surface area contributed by atoms with Crippen LogP contribution in [0.15, 0.2) is 58.4 Å². The van der Waals surface area contributed by atoms with E-state index in [-0.39, 0.29) is 30.4 Å². The van der Waals surface area contributed by atoms with Gasteiger partial charge in [0.25, 0.3) is 5.56 Å². The predicted octanol–water partition coefficient (Wildman–Crippen LogP) is 4.45. The van der Waals surface area contributed by atoms with Crippen molar-refractivity contribution in [2.75, 3.05) is 21.2 Å². The largest absolute Gasteiger partial charge is 0.465 e. The molecule has 0 aliphatic rings. The molecule has 0 aliphatic heterocycles. The maximum atomic E-state index is 13.3. The Morgan fingerprint density at radius 1 is 1.13 bits per heavy atom. The lowest BCUT2D eigenvalue weighted by atomic mass is 10.1. The van der Waals surface area contributed by atoms with Crippen molar-refractivity contribution in [1.82, 2.24) is 14.5 Å². The Morgan fingerprint density at radius 3 is 2.42 bits per heavy atom. The number of esters is 1. The number of hydrogen-bond donors (Lipinski definition) is 0. The van der Waals surface area contributed by atoms with Gasteiger partial charge in [-0.1, -0.05) is 24.3 Å². The van der Waals surface area contributed by atoms with E-state index in [4.69, 9.17) is 4.74 Å². The standard InChI is InChI=1S/C21H18N4O3S.2ClH/c1-24(2)12-23-17-16-13-8-4-5-9-14(13)19(26)25(15-10-6-7-11-22-15)20(16)29-18(17)21(27)28-3;;/h4-12H,1-3H3;2*1H. The number of carbonyl (C=O) groups is 1. The highest BCUT2D eigenvalue weighted by molar-refractivity contribution is 7.21. The average Bonchev–Trinajstić information content (AvgIpc) is 3.12.